The lowest BCUT2D eigenvalue weighted by atomic mass is 10.0. The van der Waals surface area contributed by atoms with Crippen LogP contribution in [0.3, 0.4) is 0 Å². The Labute approximate surface area is 142 Å². The van der Waals surface area contributed by atoms with Crippen molar-refractivity contribution in [2.45, 2.75) is 31.8 Å². The van der Waals surface area contributed by atoms with Gasteiger partial charge >= 0.3 is 0 Å². The number of thiophene rings is 1. The number of ether oxygens (including phenoxy) is 1. The van der Waals surface area contributed by atoms with Crippen LogP contribution >= 0.6 is 11.3 Å². The second kappa shape index (κ2) is 8.24. The Balaban J connectivity index is 1.54. The summed E-state index contributed by atoms with van der Waals surface area (Å²) in [6, 6.07) is 5.34. The van der Waals surface area contributed by atoms with Crippen molar-refractivity contribution in [2.24, 2.45) is 0 Å². The first-order valence-corrected chi connectivity index (χ1v) is 9.46. The van der Waals surface area contributed by atoms with E-state index in [1.54, 1.807) is 6.92 Å². The van der Waals surface area contributed by atoms with E-state index < -0.39 is 0 Å². The van der Waals surface area contributed by atoms with E-state index in [0.717, 1.165) is 58.8 Å². The van der Waals surface area contributed by atoms with E-state index in [-0.39, 0.29) is 5.91 Å². The van der Waals surface area contributed by atoms with E-state index >= 15 is 0 Å². The Kier molecular flexibility index (Phi) is 6.05. The van der Waals surface area contributed by atoms with Gasteiger partial charge in [0.2, 0.25) is 5.91 Å². The molecule has 0 spiro atoms. The number of morpholine rings is 1. The predicted molar refractivity (Wildman–Crippen MR) is 92.7 cm³/mol. The van der Waals surface area contributed by atoms with Gasteiger partial charge in [-0.2, -0.15) is 0 Å². The summed E-state index contributed by atoms with van der Waals surface area (Å²) in [5, 5.41) is 5.91. The standard InChI is InChI=1S/C17H27N3O2S/c1-14(21)19-6-4-15(5-7-19)18-13-16(17-3-2-12-23-17)20-8-10-22-11-9-20/h2-3,12,15-16,18H,4-11,13H2,1H3. The second-order valence-corrected chi connectivity index (χ2v) is 7.35. The van der Waals surface area contributed by atoms with Crippen LogP contribution in [0, 0.1) is 0 Å². The van der Waals surface area contributed by atoms with Gasteiger partial charge in [-0.25, -0.2) is 0 Å². The molecule has 2 fully saturated rings. The van der Waals surface area contributed by atoms with Crippen LogP contribution in [0.5, 0.6) is 0 Å². The number of amides is 1. The molecule has 3 heterocycles. The third-order valence-corrected chi connectivity index (χ3v) is 5.87. The maximum Gasteiger partial charge on any atom is 0.219 e. The monoisotopic (exact) mass is 337 g/mol. The third-order valence-electron chi connectivity index (χ3n) is 4.90. The van der Waals surface area contributed by atoms with Crippen molar-refractivity contribution in [1.82, 2.24) is 15.1 Å². The quantitative estimate of drug-likeness (QED) is 0.889. The highest BCUT2D eigenvalue weighted by Crippen LogP contribution is 2.26. The maximum absolute atomic E-state index is 11.4. The van der Waals surface area contributed by atoms with Crippen LogP contribution in [0.2, 0.25) is 0 Å². The molecule has 1 aromatic heterocycles. The minimum atomic E-state index is 0.202. The number of nitrogens with one attached hydrogen (secondary N) is 1. The summed E-state index contributed by atoms with van der Waals surface area (Å²) in [6.07, 6.45) is 2.11. The first-order chi connectivity index (χ1) is 11.2. The second-order valence-electron chi connectivity index (χ2n) is 6.37. The number of rotatable bonds is 5. The number of carbonyl (C=O) groups is 1. The minimum absolute atomic E-state index is 0.202. The molecule has 0 saturated carbocycles. The third kappa shape index (κ3) is 4.53. The largest absolute Gasteiger partial charge is 0.379 e. The summed E-state index contributed by atoms with van der Waals surface area (Å²) in [6.45, 7) is 8.09. The first-order valence-electron chi connectivity index (χ1n) is 8.58. The van der Waals surface area contributed by atoms with E-state index in [2.05, 4.69) is 27.7 Å². The number of hydrogen-bond acceptors (Lipinski definition) is 5. The van der Waals surface area contributed by atoms with E-state index in [9.17, 15) is 4.79 Å². The van der Waals surface area contributed by atoms with Gasteiger partial charge in [0.25, 0.3) is 0 Å². The molecule has 6 heteroatoms. The van der Waals surface area contributed by atoms with E-state index in [1.165, 1.54) is 4.88 Å². The molecule has 1 unspecified atom stereocenters. The van der Waals surface area contributed by atoms with Crippen molar-refractivity contribution in [3.63, 3.8) is 0 Å². The molecule has 0 bridgehead atoms. The molecule has 23 heavy (non-hydrogen) atoms. The smallest absolute Gasteiger partial charge is 0.219 e. The van der Waals surface area contributed by atoms with Gasteiger partial charge in [0.15, 0.2) is 0 Å². The van der Waals surface area contributed by atoms with Gasteiger partial charge in [0, 0.05) is 50.6 Å². The van der Waals surface area contributed by atoms with Gasteiger partial charge in [0.1, 0.15) is 0 Å². The van der Waals surface area contributed by atoms with E-state index in [0.29, 0.717) is 12.1 Å². The molecule has 1 aromatic rings. The molecule has 2 saturated heterocycles. The van der Waals surface area contributed by atoms with Crippen LogP contribution in [-0.2, 0) is 9.53 Å². The minimum Gasteiger partial charge on any atom is -0.379 e. The molecule has 1 atom stereocenters. The van der Waals surface area contributed by atoms with Crippen molar-refractivity contribution in [1.29, 1.82) is 0 Å². The molecule has 0 aromatic carbocycles. The van der Waals surface area contributed by atoms with Crippen LogP contribution in [0.1, 0.15) is 30.7 Å². The summed E-state index contributed by atoms with van der Waals surface area (Å²) in [7, 11) is 0. The number of nitrogens with zero attached hydrogens (tertiary/aromatic N) is 2. The van der Waals surface area contributed by atoms with Crippen molar-refractivity contribution in [3.05, 3.63) is 22.4 Å². The summed E-state index contributed by atoms with van der Waals surface area (Å²) in [5.74, 6) is 0.202. The van der Waals surface area contributed by atoms with Gasteiger partial charge in [-0.1, -0.05) is 6.07 Å². The van der Waals surface area contributed by atoms with Crippen LogP contribution in [0.15, 0.2) is 17.5 Å². The average Bonchev–Trinajstić information content (AvgIpc) is 3.11. The van der Waals surface area contributed by atoms with Crippen molar-refractivity contribution in [2.75, 3.05) is 45.9 Å². The fraction of sp³-hybridized carbons (Fsp3) is 0.706. The number of likely N-dealkylation sites (tertiary alicyclic amines) is 1. The molecule has 3 rings (SSSR count). The Hall–Kier alpha value is -0.950. The van der Waals surface area contributed by atoms with Crippen molar-refractivity contribution >= 4 is 17.2 Å². The van der Waals surface area contributed by atoms with Crippen LogP contribution in [0.4, 0.5) is 0 Å². The fourth-order valence-electron chi connectivity index (χ4n) is 3.46. The number of hydrogen-bond donors (Lipinski definition) is 1. The molecular weight excluding hydrogens is 310 g/mol. The first kappa shape index (κ1) is 16.9. The molecule has 128 valence electrons. The zero-order valence-electron chi connectivity index (χ0n) is 13.9. The lowest BCUT2D eigenvalue weighted by Crippen LogP contribution is -2.48. The Bertz CT molecular complexity index is 480. The molecule has 1 amide bonds. The molecule has 0 aliphatic carbocycles. The molecular formula is C17H27N3O2S. The van der Waals surface area contributed by atoms with E-state index in [4.69, 9.17) is 4.74 Å². The fourth-order valence-corrected chi connectivity index (χ4v) is 4.32. The summed E-state index contributed by atoms with van der Waals surface area (Å²) in [5.41, 5.74) is 0. The zero-order chi connectivity index (χ0) is 16.1. The van der Waals surface area contributed by atoms with Gasteiger partial charge in [-0.3, -0.25) is 9.69 Å². The normalized spacial score (nSPS) is 22.2. The number of carbonyl (C=O) groups excluding carboxylic acids is 1. The summed E-state index contributed by atoms with van der Waals surface area (Å²) >= 11 is 1.84. The highest BCUT2D eigenvalue weighted by molar-refractivity contribution is 7.10. The van der Waals surface area contributed by atoms with Gasteiger partial charge < -0.3 is 15.0 Å². The topological polar surface area (TPSA) is 44.8 Å². The van der Waals surface area contributed by atoms with E-state index in [1.807, 2.05) is 16.2 Å². The molecule has 2 aliphatic heterocycles. The highest BCUT2D eigenvalue weighted by Gasteiger charge is 2.26. The summed E-state index contributed by atoms with van der Waals surface area (Å²) in [4.78, 5) is 17.3. The molecule has 1 N–H and O–H groups in total. The maximum atomic E-state index is 11.4. The SMILES string of the molecule is CC(=O)N1CCC(NCC(c2cccs2)N2CCOCC2)CC1. The zero-order valence-corrected chi connectivity index (χ0v) is 14.7. The van der Waals surface area contributed by atoms with Crippen molar-refractivity contribution < 1.29 is 9.53 Å². The summed E-state index contributed by atoms with van der Waals surface area (Å²) < 4.78 is 5.50. The molecule has 5 nitrogen and oxygen atoms in total. The van der Waals surface area contributed by atoms with Crippen LogP contribution in [0.25, 0.3) is 0 Å². The predicted octanol–water partition coefficient (Wildman–Crippen LogP) is 1.72. The van der Waals surface area contributed by atoms with Gasteiger partial charge in [-0.15, -0.1) is 11.3 Å². The number of piperidine rings is 1. The average molecular weight is 337 g/mol. The van der Waals surface area contributed by atoms with Crippen LogP contribution < -0.4 is 5.32 Å². The van der Waals surface area contributed by atoms with Gasteiger partial charge in [-0.05, 0) is 24.3 Å². The van der Waals surface area contributed by atoms with Gasteiger partial charge in [0.05, 0.1) is 19.3 Å². The lowest BCUT2D eigenvalue weighted by molar-refractivity contribution is -0.129. The Morgan fingerprint density at radius 3 is 2.70 bits per heavy atom. The van der Waals surface area contributed by atoms with Crippen molar-refractivity contribution in [3.8, 4) is 0 Å². The van der Waals surface area contributed by atoms with Crippen LogP contribution in [-0.4, -0.2) is 67.7 Å². The molecule has 2 aliphatic rings. The Morgan fingerprint density at radius 2 is 2.09 bits per heavy atom. The highest BCUT2D eigenvalue weighted by atomic mass is 32.1. The lowest BCUT2D eigenvalue weighted by Gasteiger charge is -2.36. The Morgan fingerprint density at radius 1 is 1.35 bits per heavy atom. The molecule has 0 radical (unpaired) electrons.